The Bertz CT molecular complexity index is 327. The van der Waals surface area contributed by atoms with Crippen molar-refractivity contribution in [3.8, 4) is 0 Å². The lowest BCUT2D eigenvalue weighted by molar-refractivity contribution is 1.19. The van der Waals surface area contributed by atoms with Crippen molar-refractivity contribution < 1.29 is 0 Å². The van der Waals surface area contributed by atoms with Crippen LogP contribution in [-0.2, 0) is 6.42 Å². The van der Waals surface area contributed by atoms with E-state index in [0.29, 0.717) is 0 Å². The van der Waals surface area contributed by atoms with E-state index in [1.54, 1.807) is 0 Å². The van der Waals surface area contributed by atoms with Crippen LogP contribution in [0.15, 0.2) is 30.3 Å². The van der Waals surface area contributed by atoms with Crippen molar-refractivity contribution in [2.45, 2.75) is 41.0 Å². The highest BCUT2D eigenvalue weighted by Gasteiger charge is 1.96. The predicted molar refractivity (Wildman–Crippen MR) is 73.9 cm³/mol. The Labute approximate surface area is 98.0 Å². The Kier molecular flexibility index (Phi) is 8.02. The second kappa shape index (κ2) is 8.49. The van der Waals surface area contributed by atoms with E-state index in [0.717, 1.165) is 6.42 Å². The van der Waals surface area contributed by atoms with E-state index in [9.17, 15) is 0 Å². The van der Waals surface area contributed by atoms with Crippen molar-refractivity contribution in [2.75, 3.05) is 0 Å². The highest BCUT2D eigenvalue weighted by atomic mass is 32.1. The molecule has 0 amide bonds. The zero-order valence-corrected chi connectivity index (χ0v) is 11.3. The Hall–Kier alpha value is -0.820. The molecule has 0 saturated carbocycles. The lowest BCUT2D eigenvalue weighted by atomic mass is 10.2. The van der Waals surface area contributed by atoms with Gasteiger partial charge < -0.3 is 0 Å². The molecule has 0 spiro atoms. The van der Waals surface area contributed by atoms with Crippen LogP contribution >= 0.6 is 11.3 Å². The summed E-state index contributed by atoms with van der Waals surface area (Å²) in [6.45, 7) is 10.2. The molecule has 0 aliphatic carbocycles. The lowest BCUT2D eigenvalue weighted by Gasteiger charge is -1.82. The summed E-state index contributed by atoms with van der Waals surface area (Å²) in [5.41, 5.74) is 0. The lowest BCUT2D eigenvalue weighted by Crippen LogP contribution is -1.64. The fourth-order valence-electron chi connectivity index (χ4n) is 1.21. The smallest absolute Gasteiger partial charge is 0.0345 e. The minimum absolute atomic E-state index is 1.15. The largest absolute Gasteiger partial charge is 0.140 e. The van der Waals surface area contributed by atoms with E-state index in [-0.39, 0.29) is 0 Å². The molecular weight excluding hydrogens is 200 g/mol. The Balaban J connectivity index is 0.000000442. The molecule has 0 saturated heterocycles. The third kappa shape index (κ3) is 4.05. The first-order valence-corrected chi connectivity index (χ1v) is 6.69. The van der Waals surface area contributed by atoms with E-state index < -0.39 is 0 Å². The minimum Gasteiger partial charge on any atom is -0.140 e. The van der Waals surface area contributed by atoms with Gasteiger partial charge in [-0.25, -0.2) is 0 Å². The van der Waals surface area contributed by atoms with Crippen molar-refractivity contribution >= 4 is 21.4 Å². The molecule has 0 aliphatic rings. The van der Waals surface area contributed by atoms with Gasteiger partial charge in [0.2, 0.25) is 0 Å². The fraction of sp³-hybridized carbons (Fsp3) is 0.429. The average molecular weight is 222 g/mol. The maximum absolute atomic E-state index is 2.28. The van der Waals surface area contributed by atoms with Gasteiger partial charge in [0, 0.05) is 9.58 Å². The maximum Gasteiger partial charge on any atom is 0.0345 e. The summed E-state index contributed by atoms with van der Waals surface area (Å²) >= 11 is 1.90. The maximum atomic E-state index is 2.28. The normalized spacial score (nSPS) is 8.60. The van der Waals surface area contributed by atoms with Crippen LogP contribution < -0.4 is 0 Å². The van der Waals surface area contributed by atoms with Gasteiger partial charge in [-0.05, 0) is 23.9 Å². The standard InChI is InChI=1S/C10H10S.2C2H6/c1-2-9-7-8-5-3-4-6-10(8)11-9;2*1-2/h3-7H,2H2,1H3;2*1-2H3. The van der Waals surface area contributed by atoms with Gasteiger partial charge in [-0.2, -0.15) is 0 Å². The van der Waals surface area contributed by atoms with E-state index in [1.807, 2.05) is 39.0 Å². The zero-order chi connectivity index (χ0) is 11.7. The Morgan fingerprint density at radius 3 is 2.13 bits per heavy atom. The molecule has 0 radical (unpaired) electrons. The van der Waals surface area contributed by atoms with Crippen molar-refractivity contribution in [1.82, 2.24) is 0 Å². The molecule has 2 rings (SSSR count). The Morgan fingerprint density at radius 2 is 1.60 bits per heavy atom. The van der Waals surface area contributed by atoms with E-state index in [1.165, 1.54) is 15.0 Å². The molecule has 0 N–H and O–H groups in total. The van der Waals surface area contributed by atoms with Gasteiger partial charge in [-0.3, -0.25) is 0 Å². The fourth-order valence-corrected chi connectivity index (χ4v) is 2.22. The van der Waals surface area contributed by atoms with Crippen LogP contribution in [-0.4, -0.2) is 0 Å². The number of rotatable bonds is 1. The summed E-state index contributed by atoms with van der Waals surface area (Å²) in [5, 5.41) is 1.38. The SMILES string of the molecule is CC.CC.CCc1cc2ccccc2s1. The molecule has 0 unspecified atom stereocenters. The summed E-state index contributed by atoms with van der Waals surface area (Å²) in [6, 6.07) is 10.8. The van der Waals surface area contributed by atoms with Crippen LogP contribution in [0.5, 0.6) is 0 Å². The van der Waals surface area contributed by atoms with Crippen molar-refractivity contribution in [2.24, 2.45) is 0 Å². The average Bonchev–Trinajstić information content (AvgIpc) is 2.77. The molecule has 1 heteroatoms. The first-order valence-electron chi connectivity index (χ1n) is 5.87. The second-order valence-corrected chi connectivity index (χ2v) is 3.77. The van der Waals surface area contributed by atoms with Crippen LogP contribution in [0.25, 0.3) is 10.1 Å². The van der Waals surface area contributed by atoms with Crippen LogP contribution in [0.1, 0.15) is 39.5 Å². The topological polar surface area (TPSA) is 0 Å². The van der Waals surface area contributed by atoms with E-state index in [2.05, 4.69) is 37.3 Å². The molecule has 1 aromatic carbocycles. The van der Waals surface area contributed by atoms with Gasteiger partial charge in [-0.15, -0.1) is 11.3 Å². The number of thiophene rings is 1. The third-order valence-electron chi connectivity index (χ3n) is 1.83. The number of aryl methyl sites for hydroxylation is 1. The molecule has 0 atom stereocenters. The van der Waals surface area contributed by atoms with Gasteiger partial charge >= 0.3 is 0 Å². The van der Waals surface area contributed by atoms with E-state index >= 15 is 0 Å². The van der Waals surface area contributed by atoms with Gasteiger partial charge in [0.05, 0.1) is 0 Å². The molecule has 0 fully saturated rings. The van der Waals surface area contributed by atoms with Crippen molar-refractivity contribution in [1.29, 1.82) is 0 Å². The van der Waals surface area contributed by atoms with Gasteiger partial charge in [0.25, 0.3) is 0 Å². The number of fused-ring (bicyclic) bond motifs is 1. The monoisotopic (exact) mass is 222 g/mol. The van der Waals surface area contributed by atoms with Crippen LogP contribution in [0, 0.1) is 0 Å². The van der Waals surface area contributed by atoms with Gasteiger partial charge in [0.1, 0.15) is 0 Å². The summed E-state index contributed by atoms with van der Waals surface area (Å²) < 4.78 is 1.41. The molecular formula is C14H22S. The van der Waals surface area contributed by atoms with Crippen LogP contribution in [0.4, 0.5) is 0 Å². The molecule has 0 bridgehead atoms. The first-order chi connectivity index (χ1) is 7.40. The van der Waals surface area contributed by atoms with Crippen LogP contribution in [0.2, 0.25) is 0 Å². The second-order valence-electron chi connectivity index (χ2n) is 2.60. The summed E-state index contributed by atoms with van der Waals surface area (Å²) in [4.78, 5) is 1.48. The summed E-state index contributed by atoms with van der Waals surface area (Å²) in [5.74, 6) is 0. The van der Waals surface area contributed by atoms with Crippen LogP contribution in [0.3, 0.4) is 0 Å². The van der Waals surface area contributed by atoms with Crippen molar-refractivity contribution in [3.63, 3.8) is 0 Å². The zero-order valence-electron chi connectivity index (χ0n) is 10.5. The quantitative estimate of drug-likeness (QED) is 0.596. The first kappa shape index (κ1) is 14.2. The molecule has 2 aromatic rings. The van der Waals surface area contributed by atoms with Gasteiger partial charge in [0.15, 0.2) is 0 Å². The molecule has 0 aliphatic heterocycles. The van der Waals surface area contributed by atoms with E-state index in [4.69, 9.17) is 0 Å². The molecule has 84 valence electrons. The Morgan fingerprint density at radius 1 is 1.00 bits per heavy atom. The minimum atomic E-state index is 1.15. The number of hydrogen-bond donors (Lipinski definition) is 0. The third-order valence-corrected chi connectivity index (χ3v) is 3.09. The summed E-state index contributed by atoms with van der Waals surface area (Å²) in [7, 11) is 0. The number of hydrogen-bond acceptors (Lipinski definition) is 1. The van der Waals surface area contributed by atoms with Gasteiger partial charge in [-0.1, -0.05) is 52.8 Å². The number of benzene rings is 1. The molecule has 1 aromatic heterocycles. The molecule has 0 nitrogen and oxygen atoms in total. The molecule has 15 heavy (non-hydrogen) atoms. The predicted octanol–water partition coefficient (Wildman–Crippen LogP) is 5.52. The van der Waals surface area contributed by atoms with Crippen molar-refractivity contribution in [3.05, 3.63) is 35.2 Å². The highest BCUT2D eigenvalue weighted by molar-refractivity contribution is 7.19. The summed E-state index contributed by atoms with van der Waals surface area (Å²) in [6.07, 6.45) is 1.15. The highest BCUT2D eigenvalue weighted by Crippen LogP contribution is 2.25. The molecule has 1 heterocycles.